The summed E-state index contributed by atoms with van der Waals surface area (Å²) in [5.74, 6) is -1.15. The number of thiazole rings is 1. The lowest BCUT2D eigenvalue weighted by atomic mass is 9.94. The van der Waals surface area contributed by atoms with Crippen molar-refractivity contribution in [2.45, 2.75) is 44.7 Å². The fourth-order valence-electron chi connectivity index (χ4n) is 2.37. The van der Waals surface area contributed by atoms with Crippen molar-refractivity contribution in [1.82, 2.24) is 20.9 Å². The molecule has 3 rings (SSSR count). The maximum atomic E-state index is 12.1. The lowest BCUT2D eigenvalue weighted by molar-refractivity contribution is -0.134. The van der Waals surface area contributed by atoms with Crippen LogP contribution in [0.1, 0.15) is 47.6 Å². The minimum Gasteiger partial charge on any atom is -0.384 e. The van der Waals surface area contributed by atoms with Gasteiger partial charge in [0, 0.05) is 11.8 Å². The molecule has 0 spiro atoms. The molecule has 0 aromatic carbocycles. The zero-order valence-corrected chi connectivity index (χ0v) is 13.4. The quantitative estimate of drug-likeness (QED) is 0.693. The molecule has 8 heteroatoms. The van der Waals surface area contributed by atoms with E-state index in [0.29, 0.717) is 18.7 Å². The van der Waals surface area contributed by atoms with Gasteiger partial charge in [-0.25, -0.2) is 4.98 Å². The Morgan fingerprint density at radius 1 is 1.39 bits per heavy atom. The molecule has 3 N–H and O–H groups in total. The monoisotopic (exact) mass is 334 g/mol. The third kappa shape index (κ3) is 3.95. The second-order valence-electron chi connectivity index (χ2n) is 5.64. The molecule has 1 aromatic rings. The van der Waals surface area contributed by atoms with Gasteiger partial charge in [0.25, 0.3) is 5.91 Å². The number of aromatic nitrogens is 1. The lowest BCUT2D eigenvalue weighted by Gasteiger charge is -2.21. The summed E-state index contributed by atoms with van der Waals surface area (Å²) in [6.07, 6.45) is 6.15. The molecule has 0 radical (unpaired) electrons. The molecule has 0 bridgehead atoms. The van der Waals surface area contributed by atoms with Gasteiger partial charge < -0.3 is 10.6 Å². The van der Waals surface area contributed by atoms with Crippen molar-refractivity contribution in [3.8, 4) is 0 Å². The highest BCUT2D eigenvalue weighted by atomic mass is 32.1. The third-order valence-corrected chi connectivity index (χ3v) is 4.73. The van der Waals surface area contributed by atoms with Crippen LogP contribution in [0.3, 0.4) is 0 Å². The number of rotatable bonds is 5. The molecule has 1 aliphatic heterocycles. The number of carbonyl (C=O) groups is 3. The first kappa shape index (κ1) is 15.7. The number of carbonyl (C=O) groups excluding carboxylic acids is 3. The van der Waals surface area contributed by atoms with Crippen molar-refractivity contribution < 1.29 is 14.4 Å². The summed E-state index contributed by atoms with van der Waals surface area (Å²) in [5.41, 5.74) is 1.71. The van der Waals surface area contributed by atoms with Crippen LogP contribution in [-0.2, 0) is 16.1 Å². The summed E-state index contributed by atoms with van der Waals surface area (Å²) in [6.45, 7) is 0.583. The van der Waals surface area contributed by atoms with E-state index in [1.807, 2.05) is 6.20 Å². The number of hydrogen-bond donors (Lipinski definition) is 3. The van der Waals surface area contributed by atoms with Crippen molar-refractivity contribution >= 4 is 29.1 Å². The lowest BCUT2D eigenvalue weighted by Crippen LogP contribution is -2.52. The highest BCUT2D eigenvalue weighted by molar-refractivity contribution is 7.09. The van der Waals surface area contributed by atoms with E-state index in [2.05, 4.69) is 20.9 Å². The summed E-state index contributed by atoms with van der Waals surface area (Å²) in [7, 11) is 0. The summed E-state index contributed by atoms with van der Waals surface area (Å²) in [6, 6.07) is -0.674. The van der Waals surface area contributed by atoms with Gasteiger partial charge in [-0.3, -0.25) is 19.7 Å². The van der Waals surface area contributed by atoms with Crippen LogP contribution in [0.2, 0.25) is 0 Å². The van der Waals surface area contributed by atoms with Gasteiger partial charge >= 0.3 is 0 Å². The number of imide groups is 1. The van der Waals surface area contributed by atoms with Crippen LogP contribution in [0.5, 0.6) is 0 Å². The molecule has 1 saturated carbocycles. The summed E-state index contributed by atoms with van der Waals surface area (Å²) in [5, 5.41) is 10.5. The van der Waals surface area contributed by atoms with Crippen molar-refractivity contribution in [2.75, 3.05) is 0 Å². The average Bonchev–Trinajstić information content (AvgIpc) is 2.93. The van der Waals surface area contributed by atoms with Gasteiger partial charge in [0.2, 0.25) is 11.8 Å². The Morgan fingerprint density at radius 2 is 2.22 bits per heavy atom. The SMILES string of the molecule is O=C1CCC(NC(=O)c2csc(CNC=C3CCC3)n2)C(=O)N1. The van der Waals surface area contributed by atoms with Crippen LogP contribution in [0, 0.1) is 0 Å². The molecule has 1 aromatic heterocycles. The largest absolute Gasteiger partial charge is 0.384 e. The first-order chi connectivity index (χ1) is 11.1. The van der Waals surface area contributed by atoms with Crippen molar-refractivity contribution in [3.63, 3.8) is 0 Å². The number of allylic oxidation sites excluding steroid dienone is 1. The van der Waals surface area contributed by atoms with E-state index in [1.54, 1.807) is 5.38 Å². The van der Waals surface area contributed by atoms with Gasteiger partial charge in [-0.2, -0.15) is 0 Å². The molecule has 122 valence electrons. The smallest absolute Gasteiger partial charge is 0.271 e. The second-order valence-corrected chi connectivity index (χ2v) is 6.58. The fourth-order valence-corrected chi connectivity index (χ4v) is 3.09. The number of nitrogens with one attached hydrogen (secondary N) is 3. The molecule has 3 amide bonds. The molecule has 2 heterocycles. The van der Waals surface area contributed by atoms with Crippen molar-refractivity contribution in [3.05, 3.63) is 27.9 Å². The van der Waals surface area contributed by atoms with Gasteiger partial charge in [0.1, 0.15) is 16.7 Å². The van der Waals surface area contributed by atoms with E-state index in [9.17, 15) is 14.4 Å². The summed E-state index contributed by atoms with van der Waals surface area (Å²) in [4.78, 5) is 39.1. The number of piperidine rings is 1. The van der Waals surface area contributed by atoms with Crippen LogP contribution in [-0.4, -0.2) is 28.7 Å². The first-order valence-electron chi connectivity index (χ1n) is 7.62. The Bertz CT molecular complexity index is 661. The number of amides is 3. The minimum absolute atomic E-state index is 0.234. The Labute approximate surface area is 137 Å². The van der Waals surface area contributed by atoms with E-state index in [0.717, 1.165) is 17.8 Å². The first-order valence-corrected chi connectivity index (χ1v) is 8.50. The van der Waals surface area contributed by atoms with Crippen molar-refractivity contribution in [1.29, 1.82) is 0 Å². The number of hydrogen-bond acceptors (Lipinski definition) is 6. The van der Waals surface area contributed by atoms with E-state index < -0.39 is 11.9 Å². The van der Waals surface area contributed by atoms with Gasteiger partial charge in [-0.05, 0) is 31.9 Å². The molecule has 2 aliphatic rings. The summed E-state index contributed by atoms with van der Waals surface area (Å²) < 4.78 is 0. The van der Waals surface area contributed by atoms with E-state index in [4.69, 9.17) is 0 Å². The van der Waals surface area contributed by atoms with Crippen LogP contribution in [0.25, 0.3) is 0 Å². The van der Waals surface area contributed by atoms with Crippen LogP contribution < -0.4 is 16.0 Å². The standard InChI is InChI=1S/C15H18N4O3S/c20-12-5-4-10(14(21)19-12)18-15(22)11-8-23-13(17-11)7-16-6-9-2-1-3-9/h6,8,10,16H,1-5,7H2,(H,18,22)(H,19,20,21). The molecular formula is C15H18N4O3S. The Balaban J connectivity index is 1.51. The van der Waals surface area contributed by atoms with Crippen LogP contribution in [0.4, 0.5) is 0 Å². The Kier molecular flexibility index (Phi) is 4.71. The van der Waals surface area contributed by atoms with E-state index in [1.165, 1.54) is 23.3 Å². The molecule has 1 atom stereocenters. The molecule has 2 fully saturated rings. The zero-order chi connectivity index (χ0) is 16.2. The molecule has 1 aliphatic carbocycles. The zero-order valence-electron chi connectivity index (χ0n) is 12.6. The van der Waals surface area contributed by atoms with Crippen LogP contribution >= 0.6 is 11.3 Å². The van der Waals surface area contributed by atoms with Gasteiger partial charge in [0.15, 0.2) is 0 Å². The van der Waals surface area contributed by atoms with Gasteiger partial charge in [0.05, 0.1) is 6.54 Å². The van der Waals surface area contributed by atoms with Gasteiger partial charge in [-0.1, -0.05) is 5.57 Å². The summed E-state index contributed by atoms with van der Waals surface area (Å²) >= 11 is 1.40. The van der Waals surface area contributed by atoms with Crippen molar-refractivity contribution in [2.24, 2.45) is 0 Å². The number of nitrogens with zero attached hydrogens (tertiary/aromatic N) is 1. The normalized spacial score (nSPS) is 20.5. The van der Waals surface area contributed by atoms with E-state index >= 15 is 0 Å². The second kappa shape index (κ2) is 6.91. The molecule has 23 heavy (non-hydrogen) atoms. The highest BCUT2D eigenvalue weighted by Gasteiger charge is 2.28. The Morgan fingerprint density at radius 3 is 2.91 bits per heavy atom. The maximum absolute atomic E-state index is 12.1. The average molecular weight is 334 g/mol. The highest BCUT2D eigenvalue weighted by Crippen LogP contribution is 2.24. The molecule has 1 unspecified atom stereocenters. The van der Waals surface area contributed by atoms with E-state index in [-0.39, 0.29) is 18.2 Å². The molecular weight excluding hydrogens is 316 g/mol. The fraction of sp³-hybridized carbons (Fsp3) is 0.467. The minimum atomic E-state index is -0.674. The maximum Gasteiger partial charge on any atom is 0.271 e. The third-order valence-electron chi connectivity index (χ3n) is 3.88. The van der Waals surface area contributed by atoms with Gasteiger partial charge in [-0.15, -0.1) is 11.3 Å². The van der Waals surface area contributed by atoms with Crippen LogP contribution in [0.15, 0.2) is 17.2 Å². The molecule has 7 nitrogen and oxygen atoms in total. The predicted octanol–water partition coefficient (Wildman–Crippen LogP) is 0.836. The predicted molar refractivity (Wildman–Crippen MR) is 84.5 cm³/mol. The molecule has 1 saturated heterocycles. The Hall–Kier alpha value is -2.22. The topological polar surface area (TPSA) is 100 Å².